The van der Waals surface area contributed by atoms with E-state index in [0.29, 0.717) is 0 Å². The van der Waals surface area contributed by atoms with Gasteiger partial charge in [-0.05, 0) is 43.2 Å². The van der Waals surface area contributed by atoms with Crippen molar-refractivity contribution in [2.24, 2.45) is 0 Å². The molecule has 1 aliphatic rings. The van der Waals surface area contributed by atoms with Crippen LogP contribution >= 0.6 is 11.3 Å². The lowest BCUT2D eigenvalue weighted by Gasteiger charge is -2.20. The summed E-state index contributed by atoms with van der Waals surface area (Å²) in [7, 11) is 4.08. The number of aliphatic hydroxyl groups excluding tert-OH is 1. The minimum absolute atomic E-state index is 0.553. The van der Waals surface area contributed by atoms with Gasteiger partial charge in [0.15, 0.2) is 0 Å². The number of nitrogens with one attached hydrogen (secondary N) is 1. The highest BCUT2D eigenvalue weighted by Gasteiger charge is 2.22. The van der Waals surface area contributed by atoms with Crippen molar-refractivity contribution in [3.63, 3.8) is 0 Å². The van der Waals surface area contributed by atoms with Gasteiger partial charge in [0.25, 0.3) is 0 Å². The number of rotatable bonds is 5. The van der Waals surface area contributed by atoms with Crippen LogP contribution in [-0.4, -0.2) is 47.2 Å². The summed E-state index contributed by atoms with van der Waals surface area (Å²) < 4.78 is 0. The lowest BCUT2D eigenvalue weighted by atomic mass is 10.2. The summed E-state index contributed by atoms with van der Waals surface area (Å²) >= 11 is 1.64. The van der Waals surface area contributed by atoms with Crippen LogP contribution in [-0.2, 0) is 0 Å². The average Bonchev–Trinajstić information content (AvgIpc) is 3.42. The lowest BCUT2D eigenvalue weighted by Crippen LogP contribution is -2.25. The minimum Gasteiger partial charge on any atom is -0.378 e. The number of aromatic amines is 1. The lowest BCUT2D eigenvalue weighted by molar-refractivity contribution is 0.0160. The van der Waals surface area contributed by atoms with Crippen LogP contribution in [0.4, 0.5) is 5.69 Å². The zero-order chi connectivity index (χ0) is 18.1. The van der Waals surface area contributed by atoms with Crippen molar-refractivity contribution in [1.82, 2.24) is 14.9 Å². The van der Waals surface area contributed by atoms with Gasteiger partial charge in [-0.25, -0.2) is 4.98 Å². The van der Waals surface area contributed by atoms with Crippen molar-refractivity contribution < 1.29 is 5.11 Å². The van der Waals surface area contributed by atoms with Crippen molar-refractivity contribution in [2.45, 2.75) is 19.1 Å². The second-order valence-corrected chi connectivity index (χ2v) is 7.80. The first-order valence-electron chi connectivity index (χ1n) is 8.96. The van der Waals surface area contributed by atoms with Crippen molar-refractivity contribution in [3.8, 4) is 21.8 Å². The first-order valence-corrected chi connectivity index (χ1v) is 9.84. The molecule has 1 atom stereocenters. The van der Waals surface area contributed by atoms with E-state index in [1.807, 2.05) is 26.4 Å². The highest BCUT2D eigenvalue weighted by Crippen LogP contribution is 2.31. The Morgan fingerprint density at radius 2 is 1.88 bits per heavy atom. The van der Waals surface area contributed by atoms with E-state index in [-0.39, 0.29) is 0 Å². The molecule has 3 aromatic rings. The van der Waals surface area contributed by atoms with Gasteiger partial charge in [-0.1, -0.05) is 0 Å². The first-order chi connectivity index (χ1) is 12.6. The summed E-state index contributed by atoms with van der Waals surface area (Å²) in [4.78, 5) is 12.2. The molecule has 0 spiro atoms. The molecule has 4 rings (SSSR count). The van der Waals surface area contributed by atoms with E-state index in [1.54, 1.807) is 11.3 Å². The zero-order valence-corrected chi connectivity index (χ0v) is 16.0. The van der Waals surface area contributed by atoms with Gasteiger partial charge < -0.3 is 15.0 Å². The van der Waals surface area contributed by atoms with Crippen molar-refractivity contribution >= 4 is 17.0 Å². The molecule has 136 valence electrons. The number of thiazole rings is 1. The molecule has 6 heteroatoms. The Bertz CT molecular complexity index is 862. The van der Waals surface area contributed by atoms with Crippen LogP contribution in [0.5, 0.6) is 0 Å². The van der Waals surface area contributed by atoms with Gasteiger partial charge in [0.05, 0.1) is 11.4 Å². The molecule has 0 bridgehead atoms. The van der Waals surface area contributed by atoms with E-state index in [1.165, 1.54) is 5.69 Å². The predicted molar refractivity (Wildman–Crippen MR) is 107 cm³/mol. The van der Waals surface area contributed by atoms with Crippen LogP contribution in [0.25, 0.3) is 21.8 Å². The number of H-pyrrole nitrogens is 1. The maximum Gasteiger partial charge on any atom is 0.148 e. The van der Waals surface area contributed by atoms with Crippen LogP contribution in [0.3, 0.4) is 0 Å². The maximum absolute atomic E-state index is 10.5. The second-order valence-electron chi connectivity index (χ2n) is 6.94. The fourth-order valence-corrected chi connectivity index (χ4v) is 4.17. The molecule has 26 heavy (non-hydrogen) atoms. The monoisotopic (exact) mass is 368 g/mol. The van der Waals surface area contributed by atoms with Crippen LogP contribution in [0.2, 0.25) is 0 Å². The summed E-state index contributed by atoms with van der Waals surface area (Å²) in [5.41, 5.74) is 5.10. The number of aliphatic hydroxyl groups is 1. The molecule has 0 aliphatic carbocycles. The molecule has 1 aromatic carbocycles. The summed E-state index contributed by atoms with van der Waals surface area (Å²) in [6.45, 7) is 1.92. The number of nitrogens with zero attached hydrogens (tertiary/aromatic N) is 3. The van der Waals surface area contributed by atoms with Crippen molar-refractivity contribution in [1.29, 1.82) is 0 Å². The third kappa shape index (κ3) is 3.40. The Kier molecular flexibility index (Phi) is 4.80. The molecule has 1 aliphatic heterocycles. The van der Waals surface area contributed by atoms with Crippen molar-refractivity contribution in [3.05, 3.63) is 47.6 Å². The van der Waals surface area contributed by atoms with Crippen molar-refractivity contribution in [2.75, 3.05) is 32.1 Å². The second kappa shape index (κ2) is 7.23. The van der Waals surface area contributed by atoms with Crippen LogP contribution in [0.15, 0.2) is 41.9 Å². The van der Waals surface area contributed by atoms with Crippen LogP contribution < -0.4 is 4.90 Å². The zero-order valence-electron chi connectivity index (χ0n) is 15.1. The van der Waals surface area contributed by atoms with Gasteiger partial charge in [-0.15, -0.1) is 11.3 Å². The van der Waals surface area contributed by atoms with Gasteiger partial charge in [-0.3, -0.25) is 4.90 Å². The van der Waals surface area contributed by atoms with E-state index in [9.17, 15) is 5.11 Å². The topological polar surface area (TPSA) is 55.4 Å². The number of anilines is 1. The fraction of sp³-hybridized carbons (Fsp3) is 0.350. The maximum atomic E-state index is 10.5. The summed E-state index contributed by atoms with van der Waals surface area (Å²) in [5.74, 6) is 0. The standard InChI is InChI=1S/C20H24N4OS/c1-23(2)16-7-5-14(6-8-16)19-22-18(13-26-19)15-11-17(21-12-15)20(25)24-9-3-4-10-24/h5-8,11-13,20-21,25H,3-4,9-10H2,1-2H3. The third-order valence-electron chi connectivity index (χ3n) is 4.90. The Balaban J connectivity index is 1.52. The Morgan fingerprint density at radius 1 is 1.15 bits per heavy atom. The quantitative estimate of drug-likeness (QED) is 0.716. The number of likely N-dealkylation sites (tertiary alicyclic amines) is 1. The molecular formula is C20H24N4OS. The van der Waals surface area contributed by atoms with Gasteiger partial charge in [0.2, 0.25) is 0 Å². The highest BCUT2D eigenvalue weighted by molar-refractivity contribution is 7.13. The van der Waals surface area contributed by atoms with E-state index < -0.39 is 6.23 Å². The van der Waals surface area contributed by atoms with Crippen LogP contribution in [0.1, 0.15) is 24.8 Å². The predicted octanol–water partition coefficient (Wildman–Crippen LogP) is 3.96. The molecule has 0 saturated carbocycles. The smallest absolute Gasteiger partial charge is 0.148 e. The van der Waals surface area contributed by atoms with E-state index in [2.05, 4.69) is 44.4 Å². The number of hydrogen-bond acceptors (Lipinski definition) is 5. The Hall–Kier alpha value is -2.15. The average molecular weight is 369 g/mol. The minimum atomic E-state index is -0.553. The molecular weight excluding hydrogens is 344 g/mol. The molecule has 5 nitrogen and oxygen atoms in total. The molecule has 1 saturated heterocycles. The number of benzene rings is 1. The third-order valence-corrected chi connectivity index (χ3v) is 5.79. The van der Waals surface area contributed by atoms with E-state index in [0.717, 1.165) is 53.5 Å². The highest BCUT2D eigenvalue weighted by atomic mass is 32.1. The summed E-state index contributed by atoms with van der Waals surface area (Å²) in [5, 5.41) is 13.6. The number of hydrogen-bond donors (Lipinski definition) is 2. The largest absolute Gasteiger partial charge is 0.378 e. The van der Waals surface area contributed by atoms with E-state index >= 15 is 0 Å². The molecule has 1 fully saturated rings. The molecule has 0 radical (unpaired) electrons. The SMILES string of the molecule is CN(C)c1ccc(-c2nc(-c3c[nH]c(C(O)N4CCCC4)c3)cs2)cc1. The summed E-state index contributed by atoms with van der Waals surface area (Å²) in [6, 6.07) is 10.4. The number of aromatic nitrogens is 2. The van der Waals surface area contributed by atoms with Gasteiger partial charge >= 0.3 is 0 Å². The van der Waals surface area contributed by atoms with E-state index in [4.69, 9.17) is 4.98 Å². The normalized spacial score (nSPS) is 16.1. The fourth-order valence-electron chi connectivity index (χ4n) is 3.33. The molecule has 3 heterocycles. The molecule has 1 unspecified atom stereocenters. The van der Waals surface area contributed by atoms with Gasteiger partial charge in [0.1, 0.15) is 11.2 Å². The molecule has 2 aromatic heterocycles. The summed E-state index contributed by atoms with van der Waals surface area (Å²) in [6.07, 6.45) is 3.70. The Labute approximate surface area is 157 Å². The van der Waals surface area contributed by atoms with Gasteiger partial charge in [0, 0.05) is 55.6 Å². The Morgan fingerprint density at radius 3 is 2.58 bits per heavy atom. The molecule has 0 amide bonds. The van der Waals surface area contributed by atoms with Gasteiger partial charge in [-0.2, -0.15) is 0 Å². The van der Waals surface area contributed by atoms with Crippen LogP contribution in [0, 0.1) is 0 Å². The molecule has 2 N–H and O–H groups in total. The first kappa shape index (κ1) is 17.3.